The quantitative estimate of drug-likeness (QED) is 0.723. The van der Waals surface area contributed by atoms with Gasteiger partial charge in [0.05, 0.1) is 31.0 Å². The molecule has 0 spiro atoms. The number of ether oxygens (including phenoxy) is 1. The van der Waals surface area contributed by atoms with Gasteiger partial charge in [-0.3, -0.25) is 14.4 Å². The first-order valence-electron chi connectivity index (χ1n) is 7.43. The van der Waals surface area contributed by atoms with Gasteiger partial charge in [0.2, 0.25) is 5.91 Å². The average Bonchev–Trinajstić information content (AvgIpc) is 3.14. The summed E-state index contributed by atoms with van der Waals surface area (Å²) >= 11 is 7.44. The Morgan fingerprint density at radius 2 is 1.96 bits per heavy atom. The molecule has 0 aliphatic rings. The van der Waals surface area contributed by atoms with Crippen molar-refractivity contribution in [1.82, 2.24) is 10.6 Å². The minimum atomic E-state index is -0.646. The minimum absolute atomic E-state index is 0.0646. The maximum absolute atomic E-state index is 12.2. The largest absolute Gasteiger partial charge is 0.469 e. The molecular weight excluding hydrogens is 364 g/mol. The van der Waals surface area contributed by atoms with Crippen molar-refractivity contribution >= 4 is 40.7 Å². The fourth-order valence-electron chi connectivity index (χ4n) is 2.15. The fraction of sp³-hybridized carbons (Fsp3) is 0.235. The van der Waals surface area contributed by atoms with Gasteiger partial charge in [0, 0.05) is 5.02 Å². The monoisotopic (exact) mass is 380 g/mol. The molecule has 1 aromatic heterocycles. The summed E-state index contributed by atoms with van der Waals surface area (Å²) in [6.07, 6.45) is -0.0646. The molecule has 6 nitrogen and oxygen atoms in total. The zero-order valence-electron chi connectivity index (χ0n) is 13.5. The molecule has 2 N–H and O–H groups in total. The van der Waals surface area contributed by atoms with Crippen molar-refractivity contribution < 1.29 is 19.1 Å². The van der Waals surface area contributed by atoms with E-state index in [1.165, 1.54) is 18.4 Å². The molecule has 2 aromatic rings. The van der Waals surface area contributed by atoms with E-state index in [9.17, 15) is 14.4 Å². The Hall–Kier alpha value is -2.38. The Bertz CT molecular complexity index is 749. The number of carbonyl (C=O) groups excluding carboxylic acids is 3. The molecular formula is C17H17ClN2O4S. The van der Waals surface area contributed by atoms with Gasteiger partial charge in [-0.15, -0.1) is 11.3 Å². The molecule has 0 saturated carbocycles. The smallest absolute Gasteiger partial charge is 0.307 e. The molecule has 0 aliphatic carbocycles. The molecule has 132 valence electrons. The standard InChI is InChI=1S/C17H17ClN2O4S/c1-24-16(22)9-13(11-5-2-3-6-12(11)18)20-15(21)10-19-17(23)14-7-4-8-25-14/h2-8,13H,9-10H2,1H3,(H,19,23)(H,20,21). The molecule has 2 rings (SSSR count). The number of nitrogens with one attached hydrogen (secondary N) is 2. The van der Waals surface area contributed by atoms with Crippen LogP contribution in [0.4, 0.5) is 0 Å². The highest BCUT2D eigenvalue weighted by atomic mass is 35.5. The number of halogens is 1. The van der Waals surface area contributed by atoms with Crippen molar-refractivity contribution in [1.29, 1.82) is 0 Å². The summed E-state index contributed by atoms with van der Waals surface area (Å²) in [6.45, 7) is -0.209. The summed E-state index contributed by atoms with van der Waals surface area (Å²) in [5.74, 6) is -1.24. The van der Waals surface area contributed by atoms with Crippen molar-refractivity contribution in [3.63, 3.8) is 0 Å². The number of hydrogen-bond donors (Lipinski definition) is 2. The highest BCUT2D eigenvalue weighted by molar-refractivity contribution is 7.12. The van der Waals surface area contributed by atoms with E-state index in [0.29, 0.717) is 15.5 Å². The lowest BCUT2D eigenvalue weighted by atomic mass is 10.0. The lowest BCUT2D eigenvalue weighted by Gasteiger charge is -2.19. The zero-order valence-corrected chi connectivity index (χ0v) is 15.0. The molecule has 1 atom stereocenters. The van der Waals surface area contributed by atoms with E-state index in [4.69, 9.17) is 11.6 Å². The van der Waals surface area contributed by atoms with Gasteiger partial charge >= 0.3 is 5.97 Å². The van der Waals surface area contributed by atoms with E-state index in [1.54, 1.807) is 41.8 Å². The highest BCUT2D eigenvalue weighted by Gasteiger charge is 2.21. The normalized spacial score (nSPS) is 11.4. The van der Waals surface area contributed by atoms with Crippen LogP contribution in [0.5, 0.6) is 0 Å². The maximum atomic E-state index is 12.2. The van der Waals surface area contributed by atoms with Gasteiger partial charge in [-0.05, 0) is 23.1 Å². The lowest BCUT2D eigenvalue weighted by molar-refractivity contribution is -0.141. The molecule has 1 heterocycles. The number of methoxy groups -OCH3 is 1. The van der Waals surface area contributed by atoms with Crippen LogP contribution >= 0.6 is 22.9 Å². The summed E-state index contributed by atoms with van der Waals surface area (Å²) in [7, 11) is 1.27. The van der Waals surface area contributed by atoms with Crippen molar-refractivity contribution in [2.24, 2.45) is 0 Å². The first-order chi connectivity index (χ1) is 12.0. The number of hydrogen-bond acceptors (Lipinski definition) is 5. The van der Waals surface area contributed by atoms with Gasteiger partial charge in [-0.25, -0.2) is 0 Å². The van der Waals surface area contributed by atoms with E-state index >= 15 is 0 Å². The topological polar surface area (TPSA) is 84.5 Å². The van der Waals surface area contributed by atoms with Gasteiger partial charge in [-0.2, -0.15) is 0 Å². The number of esters is 1. The Labute approximate surface area is 154 Å². The molecule has 1 unspecified atom stereocenters. The second kappa shape index (κ2) is 9.19. The van der Waals surface area contributed by atoms with Crippen LogP contribution in [0.25, 0.3) is 0 Å². The molecule has 0 radical (unpaired) electrons. The lowest BCUT2D eigenvalue weighted by Crippen LogP contribution is -2.39. The van der Waals surface area contributed by atoms with Crippen LogP contribution in [0.2, 0.25) is 5.02 Å². The third kappa shape index (κ3) is 5.58. The van der Waals surface area contributed by atoms with Crippen LogP contribution in [-0.4, -0.2) is 31.4 Å². The van der Waals surface area contributed by atoms with Gasteiger partial charge in [0.25, 0.3) is 5.91 Å². The molecule has 0 saturated heterocycles. The van der Waals surface area contributed by atoms with Crippen molar-refractivity contribution in [2.45, 2.75) is 12.5 Å². The molecule has 0 bridgehead atoms. The third-order valence-corrected chi connectivity index (χ3v) is 4.58. The van der Waals surface area contributed by atoms with Crippen molar-refractivity contribution in [3.8, 4) is 0 Å². The van der Waals surface area contributed by atoms with Gasteiger partial charge in [-0.1, -0.05) is 35.9 Å². The molecule has 0 fully saturated rings. The first-order valence-corrected chi connectivity index (χ1v) is 8.69. The van der Waals surface area contributed by atoms with Crippen molar-refractivity contribution in [2.75, 3.05) is 13.7 Å². The molecule has 8 heteroatoms. The SMILES string of the molecule is COC(=O)CC(NC(=O)CNC(=O)c1cccs1)c1ccccc1Cl. The summed E-state index contributed by atoms with van der Waals surface area (Å²) in [4.78, 5) is 36.2. The van der Waals surface area contributed by atoms with Gasteiger partial charge in [0.15, 0.2) is 0 Å². The minimum Gasteiger partial charge on any atom is -0.469 e. The Balaban J connectivity index is 2.00. The average molecular weight is 381 g/mol. The molecule has 1 aromatic carbocycles. The molecule has 25 heavy (non-hydrogen) atoms. The van der Waals surface area contributed by atoms with Crippen LogP contribution in [-0.2, 0) is 14.3 Å². The predicted molar refractivity (Wildman–Crippen MR) is 95.6 cm³/mol. The van der Waals surface area contributed by atoms with E-state index in [0.717, 1.165) is 0 Å². The molecule has 2 amide bonds. The van der Waals surface area contributed by atoms with E-state index < -0.39 is 17.9 Å². The number of rotatable bonds is 7. The number of thiophene rings is 1. The summed E-state index contributed by atoms with van der Waals surface area (Å²) in [6, 6.07) is 9.69. The van der Waals surface area contributed by atoms with Crippen molar-refractivity contribution in [3.05, 3.63) is 57.2 Å². The number of amides is 2. The summed E-state index contributed by atoms with van der Waals surface area (Å²) < 4.78 is 4.67. The van der Waals surface area contributed by atoms with E-state index in [-0.39, 0.29) is 18.9 Å². The highest BCUT2D eigenvalue weighted by Crippen LogP contribution is 2.25. The maximum Gasteiger partial charge on any atom is 0.307 e. The Morgan fingerprint density at radius 3 is 2.60 bits per heavy atom. The number of benzene rings is 1. The summed E-state index contributed by atoms with van der Waals surface area (Å²) in [5.41, 5.74) is 0.604. The van der Waals surface area contributed by atoms with Gasteiger partial charge < -0.3 is 15.4 Å². The first kappa shape index (κ1) is 19.0. The van der Waals surface area contributed by atoms with E-state index in [2.05, 4.69) is 15.4 Å². The van der Waals surface area contributed by atoms with Crippen LogP contribution < -0.4 is 10.6 Å². The molecule has 0 aliphatic heterocycles. The second-order valence-electron chi connectivity index (χ2n) is 5.08. The Kier molecular flexibility index (Phi) is 6.97. The second-order valence-corrected chi connectivity index (χ2v) is 6.44. The summed E-state index contributed by atoms with van der Waals surface area (Å²) in [5, 5.41) is 7.44. The van der Waals surface area contributed by atoms with Crippen LogP contribution in [0.1, 0.15) is 27.7 Å². The predicted octanol–water partition coefficient (Wildman–Crippen LogP) is 2.55. The Morgan fingerprint density at radius 1 is 1.20 bits per heavy atom. The fourth-order valence-corrected chi connectivity index (χ4v) is 3.05. The van der Waals surface area contributed by atoms with Crippen LogP contribution in [0, 0.1) is 0 Å². The van der Waals surface area contributed by atoms with E-state index in [1.807, 2.05) is 0 Å². The van der Waals surface area contributed by atoms with Gasteiger partial charge in [0.1, 0.15) is 0 Å². The number of carbonyl (C=O) groups is 3. The third-order valence-electron chi connectivity index (χ3n) is 3.37. The zero-order chi connectivity index (χ0) is 18.2. The van der Waals surface area contributed by atoms with Crippen LogP contribution in [0.15, 0.2) is 41.8 Å². The van der Waals surface area contributed by atoms with Crippen LogP contribution in [0.3, 0.4) is 0 Å².